The molecule has 4 heteroatoms. The number of hydrogen-bond donors (Lipinski definition) is 1. The number of rotatable bonds is 7. The molecule has 4 nitrogen and oxygen atoms in total. The van der Waals surface area contributed by atoms with Crippen LogP contribution in [0.25, 0.3) is 0 Å². The zero-order valence-electron chi connectivity index (χ0n) is 13.1. The second-order valence-corrected chi connectivity index (χ2v) is 5.97. The molecule has 0 spiro atoms. The summed E-state index contributed by atoms with van der Waals surface area (Å²) in [7, 11) is 0. The second kappa shape index (κ2) is 8.25. The number of hydrogen-bond acceptors (Lipinski definition) is 4. The fraction of sp³-hybridized carbons (Fsp3) is 0.647. The van der Waals surface area contributed by atoms with E-state index in [-0.39, 0.29) is 6.04 Å². The summed E-state index contributed by atoms with van der Waals surface area (Å²) in [6, 6.07) is 5.79. The molecular weight excluding hydrogens is 266 g/mol. The summed E-state index contributed by atoms with van der Waals surface area (Å²) < 4.78 is 17.0. The standard InChI is InChI=1S/C17H27NO3/c1-13(2)5-3-8-19-12-15(18)14-6-7-16-17(11-14)21-10-4-9-20-16/h6-7,11,13,15H,3-5,8-10,12,18H2,1-2H3. The molecule has 1 aromatic rings. The minimum Gasteiger partial charge on any atom is -0.490 e. The molecule has 0 saturated heterocycles. The maximum Gasteiger partial charge on any atom is 0.161 e. The molecule has 1 aliphatic heterocycles. The monoisotopic (exact) mass is 293 g/mol. The van der Waals surface area contributed by atoms with E-state index in [4.69, 9.17) is 19.9 Å². The summed E-state index contributed by atoms with van der Waals surface area (Å²) in [4.78, 5) is 0. The summed E-state index contributed by atoms with van der Waals surface area (Å²) in [5.74, 6) is 2.32. The van der Waals surface area contributed by atoms with E-state index in [1.165, 1.54) is 6.42 Å². The third kappa shape index (κ3) is 5.21. The Bertz CT molecular complexity index is 434. The molecule has 0 radical (unpaired) electrons. The van der Waals surface area contributed by atoms with Gasteiger partial charge in [0.1, 0.15) is 0 Å². The van der Waals surface area contributed by atoms with Gasteiger partial charge in [0.2, 0.25) is 0 Å². The minimum atomic E-state index is -0.124. The van der Waals surface area contributed by atoms with Gasteiger partial charge in [0, 0.05) is 13.0 Å². The van der Waals surface area contributed by atoms with E-state index in [1.807, 2.05) is 18.2 Å². The van der Waals surface area contributed by atoms with Crippen LogP contribution < -0.4 is 15.2 Å². The fourth-order valence-electron chi connectivity index (χ4n) is 2.31. The molecule has 0 saturated carbocycles. The van der Waals surface area contributed by atoms with Crippen molar-refractivity contribution in [1.29, 1.82) is 0 Å². The SMILES string of the molecule is CC(C)CCCOCC(N)c1ccc2c(c1)OCCCO2. The highest BCUT2D eigenvalue weighted by Crippen LogP contribution is 2.31. The molecule has 1 atom stereocenters. The predicted octanol–water partition coefficient (Wildman–Crippen LogP) is 3.30. The Morgan fingerprint density at radius 3 is 2.71 bits per heavy atom. The van der Waals surface area contributed by atoms with Crippen molar-refractivity contribution < 1.29 is 14.2 Å². The van der Waals surface area contributed by atoms with Gasteiger partial charge >= 0.3 is 0 Å². The first-order chi connectivity index (χ1) is 10.2. The van der Waals surface area contributed by atoms with Gasteiger partial charge in [0.25, 0.3) is 0 Å². The van der Waals surface area contributed by atoms with E-state index in [0.717, 1.165) is 42.4 Å². The smallest absolute Gasteiger partial charge is 0.161 e. The summed E-state index contributed by atoms with van der Waals surface area (Å²) in [6.07, 6.45) is 3.19. The quantitative estimate of drug-likeness (QED) is 0.784. The van der Waals surface area contributed by atoms with Gasteiger partial charge in [-0.3, -0.25) is 0 Å². The molecule has 0 amide bonds. The molecule has 1 aromatic carbocycles. The van der Waals surface area contributed by atoms with Crippen molar-refractivity contribution in [3.8, 4) is 11.5 Å². The lowest BCUT2D eigenvalue weighted by atomic mass is 10.1. The van der Waals surface area contributed by atoms with Gasteiger partial charge in [-0.1, -0.05) is 19.9 Å². The number of benzene rings is 1. The summed E-state index contributed by atoms with van der Waals surface area (Å²) in [5.41, 5.74) is 7.22. The molecule has 1 heterocycles. The zero-order chi connectivity index (χ0) is 15.1. The van der Waals surface area contributed by atoms with E-state index in [0.29, 0.717) is 19.8 Å². The Hall–Kier alpha value is -1.26. The van der Waals surface area contributed by atoms with Crippen LogP contribution in [-0.4, -0.2) is 26.4 Å². The largest absolute Gasteiger partial charge is 0.490 e. The van der Waals surface area contributed by atoms with Gasteiger partial charge < -0.3 is 19.9 Å². The molecule has 1 aliphatic rings. The first-order valence-electron chi connectivity index (χ1n) is 7.89. The zero-order valence-corrected chi connectivity index (χ0v) is 13.1. The van der Waals surface area contributed by atoms with Gasteiger partial charge in [-0.15, -0.1) is 0 Å². The van der Waals surface area contributed by atoms with Gasteiger partial charge in [-0.25, -0.2) is 0 Å². The minimum absolute atomic E-state index is 0.124. The van der Waals surface area contributed by atoms with Crippen LogP contribution in [0.2, 0.25) is 0 Å². The topological polar surface area (TPSA) is 53.7 Å². The Morgan fingerprint density at radius 2 is 1.95 bits per heavy atom. The van der Waals surface area contributed by atoms with Crippen molar-refractivity contribution in [3.05, 3.63) is 23.8 Å². The van der Waals surface area contributed by atoms with Crippen LogP contribution in [0.3, 0.4) is 0 Å². The van der Waals surface area contributed by atoms with Gasteiger partial charge in [0.05, 0.1) is 25.9 Å². The van der Waals surface area contributed by atoms with E-state index >= 15 is 0 Å². The van der Waals surface area contributed by atoms with E-state index in [1.54, 1.807) is 0 Å². The predicted molar refractivity (Wildman–Crippen MR) is 83.9 cm³/mol. The summed E-state index contributed by atoms with van der Waals surface area (Å²) in [5, 5.41) is 0. The molecule has 1 unspecified atom stereocenters. The molecule has 118 valence electrons. The van der Waals surface area contributed by atoms with Crippen molar-refractivity contribution in [2.24, 2.45) is 11.7 Å². The van der Waals surface area contributed by atoms with Gasteiger partial charge in [0.15, 0.2) is 11.5 Å². The molecule has 2 rings (SSSR count). The van der Waals surface area contributed by atoms with Crippen molar-refractivity contribution in [2.75, 3.05) is 26.4 Å². The summed E-state index contributed by atoms with van der Waals surface area (Å²) in [6.45, 7) is 7.16. The molecule has 2 N–H and O–H groups in total. The first-order valence-corrected chi connectivity index (χ1v) is 7.89. The van der Waals surface area contributed by atoms with Gasteiger partial charge in [-0.2, -0.15) is 0 Å². The summed E-state index contributed by atoms with van der Waals surface area (Å²) >= 11 is 0. The first kappa shape index (κ1) is 16.1. The van der Waals surface area contributed by atoms with E-state index < -0.39 is 0 Å². The van der Waals surface area contributed by atoms with Crippen LogP contribution in [0.4, 0.5) is 0 Å². The van der Waals surface area contributed by atoms with Crippen LogP contribution >= 0.6 is 0 Å². The highest BCUT2D eigenvalue weighted by Gasteiger charge is 2.14. The van der Waals surface area contributed by atoms with Crippen LogP contribution in [0.5, 0.6) is 11.5 Å². The molecule has 0 bridgehead atoms. The number of fused-ring (bicyclic) bond motifs is 1. The van der Waals surface area contributed by atoms with Crippen molar-refractivity contribution in [2.45, 2.75) is 39.2 Å². The molecule has 0 fully saturated rings. The maximum absolute atomic E-state index is 6.19. The molecular formula is C17H27NO3. The Morgan fingerprint density at radius 1 is 1.19 bits per heavy atom. The fourth-order valence-corrected chi connectivity index (χ4v) is 2.31. The highest BCUT2D eigenvalue weighted by atomic mass is 16.5. The highest BCUT2D eigenvalue weighted by molar-refractivity contribution is 5.44. The number of nitrogens with two attached hydrogens (primary N) is 1. The lowest BCUT2D eigenvalue weighted by Crippen LogP contribution is -2.17. The second-order valence-electron chi connectivity index (χ2n) is 5.97. The maximum atomic E-state index is 6.19. The molecule has 21 heavy (non-hydrogen) atoms. The Labute approximate surface area is 127 Å². The van der Waals surface area contributed by atoms with Crippen molar-refractivity contribution >= 4 is 0 Å². The van der Waals surface area contributed by atoms with Gasteiger partial charge in [-0.05, 0) is 36.5 Å². The van der Waals surface area contributed by atoms with Crippen molar-refractivity contribution in [1.82, 2.24) is 0 Å². The molecule has 0 aromatic heterocycles. The average Bonchev–Trinajstić information content (AvgIpc) is 2.70. The van der Waals surface area contributed by atoms with Crippen molar-refractivity contribution in [3.63, 3.8) is 0 Å². The average molecular weight is 293 g/mol. The van der Waals surface area contributed by atoms with Crippen LogP contribution in [0.1, 0.15) is 44.7 Å². The van der Waals surface area contributed by atoms with E-state index in [9.17, 15) is 0 Å². The normalized spacial score (nSPS) is 15.8. The van der Waals surface area contributed by atoms with Crippen LogP contribution in [-0.2, 0) is 4.74 Å². The Balaban J connectivity index is 1.82. The third-order valence-electron chi connectivity index (χ3n) is 3.57. The lowest BCUT2D eigenvalue weighted by Gasteiger charge is -2.15. The Kier molecular flexibility index (Phi) is 6.33. The third-order valence-corrected chi connectivity index (χ3v) is 3.57. The lowest BCUT2D eigenvalue weighted by molar-refractivity contribution is 0.115. The number of ether oxygens (including phenoxy) is 3. The van der Waals surface area contributed by atoms with Crippen LogP contribution in [0.15, 0.2) is 18.2 Å². The van der Waals surface area contributed by atoms with E-state index in [2.05, 4.69) is 13.8 Å². The van der Waals surface area contributed by atoms with Crippen LogP contribution in [0, 0.1) is 5.92 Å². The molecule has 0 aliphatic carbocycles.